The normalized spacial score (nSPS) is 13.9. The third-order valence-electron chi connectivity index (χ3n) is 3.57. The lowest BCUT2D eigenvalue weighted by molar-refractivity contribution is 0.0652. The fraction of sp³-hybridized carbons (Fsp3) is 0.267. The molecule has 1 aromatic heterocycles. The molecule has 2 aromatic rings. The van der Waals surface area contributed by atoms with Gasteiger partial charge in [-0.3, -0.25) is 14.5 Å². The van der Waals surface area contributed by atoms with Crippen molar-refractivity contribution < 1.29 is 9.59 Å². The Morgan fingerprint density at radius 1 is 1.19 bits per heavy atom. The van der Waals surface area contributed by atoms with E-state index in [1.807, 2.05) is 6.92 Å². The highest BCUT2D eigenvalue weighted by molar-refractivity contribution is 7.15. The van der Waals surface area contributed by atoms with Gasteiger partial charge < -0.3 is 5.73 Å². The van der Waals surface area contributed by atoms with Crippen LogP contribution >= 0.6 is 11.3 Å². The molecule has 0 aliphatic carbocycles. The van der Waals surface area contributed by atoms with Crippen molar-refractivity contribution in [3.8, 4) is 0 Å². The van der Waals surface area contributed by atoms with Crippen LogP contribution < -0.4 is 5.73 Å². The minimum absolute atomic E-state index is 0.198. The molecule has 0 spiro atoms. The summed E-state index contributed by atoms with van der Waals surface area (Å²) >= 11 is 1.46. The molecule has 0 unspecified atom stereocenters. The number of hydrogen-bond acceptors (Lipinski definition) is 5. The summed E-state index contributed by atoms with van der Waals surface area (Å²) in [5, 5.41) is 0.559. The van der Waals surface area contributed by atoms with E-state index in [1.54, 1.807) is 24.3 Å². The van der Waals surface area contributed by atoms with Crippen LogP contribution in [0.4, 0.5) is 5.13 Å². The van der Waals surface area contributed by atoms with Gasteiger partial charge in [-0.15, -0.1) is 11.3 Å². The quantitative estimate of drug-likeness (QED) is 0.879. The average molecular weight is 301 g/mol. The zero-order valence-electron chi connectivity index (χ0n) is 11.6. The van der Waals surface area contributed by atoms with Crippen LogP contribution in [-0.4, -0.2) is 28.2 Å². The molecule has 0 saturated carbocycles. The summed E-state index contributed by atoms with van der Waals surface area (Å²) in [6, 6.07) is 6.95. The maximum atomic E-state index is 12.2. The number of benzene rings is 1. The standard InChI is InChI=1S/C15H15N3O2S/c1-9-12(21-15(16)17-9)7-4-8-18-13(19)10-5-2-3-6-11(10)14(18)20/h2-3,5-6H,4,7-8H2,1H3,(H2,16,17). The van der Waals surface area contributed by atoms with E-state index in [1.165, 1.54) is 16.2 Å². The molecule has 2 N–H and O–H groups in total. The first-order valence-corrected chi connectivity index (χ1v) is 7.56. The molecule has 2 amide bonds. The zero-order valence-corrected chi connectivity index (χ0v) is 12.4. The van der Waals surface area contributed by atoms with Crippen LogP contribution in [0.25, 0.3) is 0 Å². The number of rotatable bonds is 4. The number of hydrogen-bond donors (Lipinski definition) is 1. The monoisotopic (exact) mass is 301 g/mol. The molecule has 21 heavy (non-hydrogen) atoms. The summed E-state index contributed by atoms with van der Waals surface area (Å²) in [7, 11) is 0. The first-order chi connectivity index (χ1) is 10.1. The highest BCUT2D eigenvalue weighted by atomic mass is 32.1. The molecule has 0 bridgehead atoms. The lowest BCUT2D eigenvalue weighted by Crippen LogP contribution is -2.30. The third-order valence-corrected chi connectivity index (χ3v) is 4.62. The largest absolute Gasteiger partial charge is 0.375 e. The van der Waals surface area contributed by atoms with Crippen LogP contribution in [0.2, 0.25) is 0 Å². The van der Waals surface area contributed by atoms with Gasteiger partial charge in [0.1, 0.15) is 0 Å². The number of carbonyl (C=O) groups excluding carboxylic acids is 2. The van der Waals surface area contributed by atoms with Crippen LogP contribution in [0.15, 0.2) is 24.3 Å². The smallest absolute Gasteiger partial charge is 0.261 e. The molecule has 0 fully saturated rings. The minimum Gasteiger partial charge on any atom is -0.375 e. The molecule has 0 radical (unpaired) electrons. The number of carbonyl (C=O) groups is 2. The zero-order chi connectivity index (χ0) is 15.0. The molecule has 1 aliphatic heterocycles. The molecule has 1 aromatic carbocycles. The van der Waals surface area contributed by atoms with Gasteiger partial charge in [0.05, 0.1) is 16.8 Å². The number of nitrogens with zero attached hydrogens (tertiary/aromatic N) is 2. The van der Waals surface area contributed by atoms with E-state index < -0.39 is 0 Å². The number of amides is 2. The topological polar surface area (TPSA) is 76.3 Å². The van der Waals surface area contributed by atoms with Crippen molar-refractivity contribution in [2.24, 2.45) is 0 Å². The van der Waals surface area contributed by atoms with Crippen molar-refractivity contribution >= 4 is 28.3 Å². The van der Waals surface area contributed by atoms with Gasteiger partial charge in [0.2, 0.25) is 0 Å². The Balaban J connectivity index is 1.66. The Kier molecular flexibility index (Phi) is 3.47. The van der Waals surface area contributed by atoms with Crippen molar-refractivity contribution in [2.45, 2.75) is 19.8 Å². The number of thiazole rings is 1. The predicted molar refractivity (Wildman–Crippen MR) is 81.4 cm³/mol. The summed E-state index contributed by atoms with van der Waals surface area (Å²) in [5.74, 6) is -0.396. The van der Waals surface area contributed by atoms with Gasteiger partial charge in [0.25, 0.3) is 11.8 Å². The molecular formula is C15H15N3O2S. The van der Waals surface area contributed by atoms with E-state index in [0.29, 0.717) is 29.2 Å². The summed E-state index contributed by atoms with van der Waals surface area (Å²) in [6.07, 6.45) is 1.49. The van der Waals surface area contributed by atoms with Crippen molar-refractivity contribution in [3.05, 3.63) is 46.0 Å². The number of aromatic nitrogens is 1. The van der Waals surface area contributed by atoms with Crippen LogP contribution in [0.5, 0.6) is 0 Å². The van der Waals surface area contributed by atoms with E-state index in [2.05, 4.69) is 4.98 Å². The Bertz CT molecular complexity index is 688. The Hall–Kier alpha value is -2.21. The number of nitrogens with two attached hydrogens (primary N) is 1. The first-order valence-electron chi connectivity index (χ1n) is 6.75. The Morgan fingerprint density at radius 3 is 2.33 bits per heavy atom. The maximum absolute atomic E-state index is 12.2. The molecule has 0 atom stereocenters. The molecule has 3 rings (SSSR count). The Morgan fingerprint density at radius 2 is 1.81 bits per heavy atom. The van der Waals surface area contributed by atoms with Crippen molar-refractivity contribution in [3.63, 3.8) is 0 Å². The third kappa shape index (κ3) is 2.42. The second-order valence-electron chi connectivity index (χ2n) is 4.97. The van der Waals surface area contributed by atoms with E-state index in [4.69, 9.17) is 5.73 Å². The fourth-order valence-corrected chi connectivity index (χ4v) is 3.40. The van der Waals surface area contributed by atoms with Crippen molar-refractivity contribution in [2.75, 3.05) is 12.3 Å². The van der Waals surface area contributed by atoms with E-state index in [9.17, 15) is 9.59 Å². The lowest BCUT2D eigenvalue weighted by atomic mass is 10.1. The molecular weight excluding hydrogens is 286 g/mol. The van der Waals surface area contributed by atoms with Gasteiger partial charge in [0.15, 0.2) is 5.13 Å². The highest BCUT2D eigenvalue weighted by Gasteiger charge is 2.34. The van der Waals surface area contributed by atoms with Gasteiger partial charge >= 0.3 is 0 Å². The van der Waals surface area contributed by atoms with Crippen LogP contribution in [0, 0.1) is 6.92 Å². The fourth-order valence-electron chi connectivity index (χ4n) is 2.52. The summed E-state index contributed by atoms with van der Waals surface area (Å²) < 4.78 is 0. The van der Waals surface area contributed by atoms with Crippen LogP contribution in [0.1, 0.15) is 37.7 Å². The van der Waals surface area contributed by atoms with Gasteiger partial charge in [-0.05, 0) is 31.9 Å². The van der Waals surface area contributed by atoms with E-state index >= 15 is 0 Å². The second-order valence-corrected chi connectivity index (χ2v) is 6.09. The number of anilines is 1. The van der Waals surface area contributed by atoms with Crippen molar-refractivity contribution in [1.82, 2.24) is 9.88 Å². The summed E-state index contributed by atoms with van der Waals surface area (Å²) in [6.45, 7) is 2.34. The van der Waals surface area contributed by atoms with Crippen LogP contribution in [-0.2, 0) is 6.42 Å². The van der Waals surface area contributed by atoms with Gasteiger partial charge in [-0.25, -0.2) is 4.98 Å². The van der Waals surface area contributed by atoms with E-state index in [0.717, 1.165) is 17.0 Å². The number of nitrogen functional groups attached to an aromatic ring is 1. The van der Waals surface area contributed by atoms with E-state index in [-0.39, 0.29) is 11.8 Å². The molecule has 2 heterocycles. The van der Waals surface area contributed by atoms with Gasteiger partial charge in [-0.2, -0.15) is 0 Å². The number of aryl methyl sites for hydroxylation is 2. The molecule has 6 heteroatoms. The lowest BCUT2D eigenvalue weighted by Gasteiger charge is -2.13. The number of imide groups is 1. The van der Waals surface area contributed by atoms with Gasteiger partial charge in [0, 0.05) is 11.4 Å². The maximum Gasteiger partial charge on any atom is 0.261 e. The van der Waals surface area contributed by atoms with Crippen molar-refractivity contribution in [1.29, 1.82) is 0 Å². The first kappa shape index (κ1) is 13.8. The average Bonchev–Trinajstić information content (AvgIpc) is 2.91. The molecule has 0 saturated heterocycles. The van der Waals surface area contributed by atoms with Crippen LogP contribution in [0.3, 0.4) is 0 Å². The molecule has 1 aliphatic rings. The summed E-state index contributed by atoms with van der Waals surface area (Å²) in [4.78, 5) is 31.0. The molecule has 5 nitrogen and oxygen atoms in total. The molecule has 108 valence electrons. The predicted octanol–water partition coefficient (Wildman–Crippen LogP) is 2.26. The number of fused-ring (bicyclic) bond motifs is 1. The second kappa shape index (κ2) is 5.29. The Labute approximate surface area is 126 Å². The SMILES string of the molecule is Cc1nc(N)sc1CCCN1C(=O)c2ccccc2C1=O. The minimum atomic E-state index is -0.198. The van der Waals surface area contributed by atoms with Gasteiger partial charge in [-0.1, -0.05) is 12.1 Å². The highest BCUT2D eigenvalue weighted by Crippen LogP contribution is 2.24. The summed E-state index contributed by atoms with van der Waals surface area (Å²) in [5.41, 5.74) is 7.60.